The predicted octanol–water partition coefficient (Wildman–Crippen LogP) is 1.65. The highest BCUT2D eigenvalue weighted by Crippen LogP contribution is 2.36. The zero-order valence-electron chi connectivity index (χ0n) is 12.1. The number of hydrogen-bond acceptors (Lipinski definition) is 3. The molecule has 2 aromatic rings. The lowest BCUT2D eigenvalue weighted by molar-refractivity contribution is 0.0384. The second kappa shape index (κ2) is 5.04. The number of aromatic nitrogens is 2. The van der Waals surface area contributed by atoms with E-state index in [1.165, 1.54) is 11.1 Å². The van der Waals surface area contributed by atoms with Gasteiger partial charge in [0, 0.05) is 31.4 Å². The van der Waals surface area contributed by atoms with Gasteiger partial charge in [-0.1, -0.05) is 24.3 Å². The van der Waals surface area contributed by atoms with Gasteiger partial charge in [-0.25, -0.2) is 0 Å². The summed E-state index contributed by atoms with van der Waals surface area (Å²) in [7, 11) is 1.94. The van der Waals surface area contributed by atoms with Crippen molar-refractivity contribution < 1.29 is 5.11 Å². The highest BCUT2D eigenvalue weighted by Gasteiger charge is 2.35. The van der Waals surface area contributed by atoms with Crippen LogP contribution < -0.4 is 5.32 Å². The number of nitrogens with one attached hydrogen (secondary N) is 1. The molecule has 0 radical (unpaired) electrons. The van der Waals surface area contributed by atoms with Crippen LogP contribution in [0.3, 0.4) is 0 Å². The summed E-state index contributed by atoms with van der Waals surface area (Å²) in [5, 5.41) is 18.4. The number of fused-ring (bicyclic) bond motifs is 1. The maximum atomic E-state index is 10.8. The van der Waals surface area contributed by atoms with Gasteiger partial charge in [0.25, 0.3) is 0 Å². The molecule has 0 bridgehead atoms. The minimum Gasteiger partial charge on any atom is -0.384 e. The molecule has 0 saturated heterocycles. The quantitative estimate of drug-likeness (QED) is 0.889. The Kier molecular flexibility index (Phi) is 3.36. The van der Waals surface area contributed by atoms with Crippen LogP contribution in [0.25, 0.3) is 0 Å². The second-order valence-corrected chi connectivity index (χ2v) is 5.67. The lowest BCUT2D eigenvalue weighted by atomic mass is 9.96. The van der Waals surface area contributed by atoms with Gasteiger partial charge in [0.1, 0.15) is 5.60 Å². The Labute approximate surface area is 119 Å². The lowest BCUT2D eigenvalue weighted by Gasteiger charge is -2.24. The summed E-state index contributed by atoms with van der Waals surface area (Å²) in [5.74, 6) is 0. The molecule has 106 valence electrons. The van der Waals surface area contributed by atoms with Crippen LogP contribution in [-0.2, 0) is 25.6 Å². The minimum absolute atomic E-state index is 0.582. The van der Waals surface area contributed by atoms with Crippen molar-refractivity contribution in [2.24, 2.45) is 7.05 Å². The van der Waals surface area contributed by atoms with Gasteiger partial charge in [-0.3, -0.25) is 4.68 Å². The molecular weight excluding hydrogens is 250 g/mol. The van der Waals surface area contributed by atoms with Crippen molar-refractivity contribution in [1.29, 1.82) is 0 Å². The van der Waals surface area contributed by atoms with Crippen LogP contribution in [0, 0.1) is 6.92 Å². The van der Waals surface area contributed by atoms with E-state index in [1.54, 1.807) is 0 Å². The van der Waals surface area contributed by atoms with Gasteiger partial charge in [-0.05, 0) is 30.9 Å². The molecule has 1 atom stereocenters. The molecule has 1 aliphatic rings. The number of hydrogen-bond donors (Lipinski definition) is 2. The number of aliphatic hydroxyl groups is 1. The van der Waals surface area contributed by atoms with Crippen molar-refractivity contribution in [3.8, 4) is 0 Å². The Morgan fingerprint density at radius 2 is 2.20 bits per heavy atom. The van der Waals surface area contributed by atoms with Crippen molar-refractivity contribution in [2.45, 2.75) is 31.9 Å². The van der Waals surface area contributed by atoms with Gasteiger partial charge in [0.15, 0.2) is 0 Å². The number of nitrogens with zero attached hydrogens (tertiary/aromatic N) is 2. The summed E-state index contributed by atoms with van der Waals surface area (Å²) in [6.45, 7) is 3.38. The lowest BCUT2D eigenvalue weighted by Crippen LogP contribution is -2.36. The van der Waals surface area contributed by atoms with Crippen molar-refractivity contribution >= 4 is 0 Å². The molecule has 1 aromatic carbocycles. The van der Waals surface area contributed by atoms with Crippen molar-refractivity contribution in [2.75, 3.05) is 6.54 Å². The van der Waals surface area contributed by atoms with Crippen LogP contribution in [-0.4, -0.2) is 21.4 Å². The molecule has 0 spiro atoms. The molecule has 4 heteroatoms. The molecule has 1 unspecified atom stereocenters. The zero-order valence-corrected chi connectivity index (χ0v) is 12.1. The smallest absolute Gasteiger partial charge is 0.103 e. The van der Waals surface area contributed by atoms with Gasteiger partial charge in [0.2, 0.25) is 0 Å². The second-order valence-electron chi connectivity index (χ2n) is 5.67. The SMILES string of the molecule is Cc1c(CNCC2(O)CCc3ccccc32)cnn1C. The van der Waals surface area contributed by atoms with Crippen molar-refractivity contribution in [3.05, 3.63) is 52.8 Å². The monoisotopic (exact) mass is 271 g/mol. The fourth-order valence-corrected chi connectivity index (χ4v) is 2.97. The first-order valence-corrected chi connectivity index (χ1v) is 7.09. The van der Waals surface area contributed by atoms with Crippen LogP contribution in [0.1, 0.15) is 28.8 Å². The summed E-state index contributed by atoms with van der Waals surface area (Å²) in [6, 6.07) is 8.19. The number of aryl methyl sites for hydroxylation is 2. The highest BCUT2D eigenvalue weighted by atomic mass is 16.3. The summed E-state index contributed by atoms with van der Waals surface area (Å²) < 4.78 is 1.87. The molecule has 4 nitrogen and oxygen atoms in total. The molecule has 0 fully saturated rings. The average molecular weight is 271 g/mol. The topological polar surface area (TPSA) is 50.1 Å². The molecule has 2 N–H and O–H groups in total. The standard InChI is InChI=1S/C16H21N3O/c1-12-14(10-18-19(12)2)9-17-11-16(20)8-7-13-5-3-4-6-15(13)16/h3-6,10,17,20H,7-9,11H2,1-2H3. The minimum atomic E-state index is -0.729. The van der Waals surface area contributed by atoms with E-state index in [0.29, 0.717) is 6.54 Å². The highest BCUT2D eigenvalue weighted by molar-refractivity contribution is 5.37. The summed E-state index contributed by atoms with van der Waals surface area (Å²) in [6.07, 6.45) is 3.64. The molecule has 1 heterocycles. The zero-order chi connectivity index (χ0) is 14.2. The van der Waals surface area contributed by atoms with E-state index in [1.807, 2.05) is 36.1 Å². The first-order chi connectivity index (χ1) is 9.60. The third kappa shape index (κ3) is 2.25. The third-order valence-electron chi connectivity index (χ3n) is 4.40. The maximum Gasteiger partial charge on any atom is 0.103 e. The molecule has 20 heavy (non-hydrogen) atoms. The fraction of sp³-hybridized carbons (Fsp3) is 0.438. The normalized spacial score (nSPS) is 21.1. The average Bonchev–Trinajstić information content (AvgIpc) is 2.95. The van der Waals surface area contributed by atoms with Gasteiger partial charge in [-0.15, -0.1) is 0 Å². The van der Waals surface area contributed by atoms with E-state index in [2.05, 4.69) is 23.4 Å². The maximum absolute atomic E-state index is 10.8. The van der Waals surface area contributed by atoms with E-state index >= 15 is 0 Å². The molecule has 1 aliphatic carbocycles. The first-order valence-electron chi connectivity index (χ1n) is 7.09. The Morgan fingerprint density at radius 1 is 1.40 bits per heavy atom. The van der Waals surface area contributed by atoms with E-state index in [9.17, 15) is 5.11 Å². The summed E-state index contributed by atoms with van der Waals surface area (Å²) in [4.78, 5) is 0. The van der Waals surface area contributed by atoms with Crippen molar-refractivity contribution in [1.82, 2.24) is 15.1 Å². The van der Waals surface area contributed by atoms with Gasteiger partial charge in [-0.2, -0.15) is 5.10 Å². The fourth-order valence-electron chi connectivity index (χ4n) is 2.97. The molecule has 0 amide bonds. The summed E-state index contributed by atoms with van der Waals surface area (Å²) in [5.41, 5.74) is 3.97. The molecule has 1 aromatic heterocycles. The van der Waals surface area contributed by atoms with Gasteiger partial charge in [0.05, 0.1) is 6.20 Å². The van der Waals surface area contributed by atoms with Crippen molar-refractivity contribution in [3.63, 3.8) is 0 Å². The Hall–Kier alpha value is -1.65. The first kappa shape index (κ1) is 13.3. The van der Waals surface area contributed by atoms with E-state index in [4.69, 9.17) is 0 Å². The molecular formula is C16H21N3O. The number of rotatable bonds is 4. The van der Waals surface area contributed by atoms with Crippen LogP contribution in [0.5, 0.6) is 0 Å². The predicted molar refractivity (Wildman–Crippen MR) is 78.3 cm³/mol. The molecule has 0 aliphatic heterocycles. The van der Waals surface area contributed by atoms with Gasteiger partial charge < -0.3 is 10.4 Å². The third-order valence-corrected chi connectivity index (χ3v) is 4.40. The van der Waals surface area contributed by atoms with Crippen LogP contribution in [0.4, 0.5) is 0 Å². The largest absolute Gasteiger partial charge is 0.384 e. The molecule has 3 rings (SSSR count). The van der Waals surface area contributed by atoms with Crippen LogP contribution in [0.15, 0.2) is 30.5 Å². The van der Waals surface area contributed by atoms with E-state index in [-0.39, 0.29) is 0 Å². The van der Waals surface area contributed by atoms with Crippen LogP contribution in [0.2, 0.25) is 0 Å². The van der Waals surface area contributed by atoms with E-state index in [0.717, 1.165) is 30.6 Å². The van der Waals surface area contributed by atoms with E-state index < -0.39 is 5.60 Å². The number of benzene rings is 1. The Balaban J connectivity index is 1.66. The Bertz CT molecular complexity index is 620. The van der Waals surface area contributed by atoms with Crippen LogP contribution >= 0.6 is 0 Å². The summed E-state index contributed by atoms with van der Waals surface area (Å²) >= 11 is 0. The molecule has 0 saturated carbocycles. The van der Waals surface area contributed by atoms with Gasteiger partial charge >= 0.3 is 0 Å². The Morgan fingerprint density at radius 3 is 2.95 bits per heavy atom.